The molecule has 0 aliphatic carbocycles. The molecule has 0 fully saturated rings. The van der Waals surface area contributed by atoms with Crippen molar-refractivity contribution in [1.29, 1.82) is 0 Å². The van der Waals surface area contributed by atoms with Gasteiger partial charge in [-0.3, -0.25) is 4.79 Å². The van der Waals surface area contributed by atoms with Gasteiger partial charge in [0.2, 0.25) is 5.95 Å². The first-order valence-corrected chi connectivity index (χ1v) is 2.72. The Morgan fingerprint density at radius 2 is 2.18 bits per heavy atom. The molecular formula is C6H4F2N2O. The first-order valence-electron chi connectivity index (χ1n) is 2.72. The summed E-state index contributed by atoms with van der Waals surface area (Å²) in [5, 5.41) is 0. The van der Waals surface area contributed by atoms with Crippen molar-refractivity contribution in [2.45, 2.75) is 0 Å². The number of aromatic nitrogens is 1. The molecule has 0 saturated carbocycles. The molecule has 5 heteroatoms. The van der Waals surface area contributed by atoms with E-state index in [2.05, 4.69) is 4.98 Å². The average Bonchev–Trinajstić information content (AvgIpc) is 1.94. The van der Waals surface area contributed by atoms with Gasteiger partial charge in [-0.1, -0.05) is 0 Å². The van der Waals surface area contributed by atoms with Crippen LogP contribution < -0.4 is 5.73 Å². The van der Waals surface area contributed by atoms with Gasteiger partial charge in [0, 0.05) is 6.07 Å². The van der Waals surface area contributed by atoms with Gasteiger partial charge >= 0.3 is 0 Å². The fourth-order valence-electron chi connectivity index (χ4n) is 0.602. The lowest BCUT2D eigenvalue weighted by Crippen LogP contribution is -2.13. The number of carbonyl (C=O) groups is 1. The van der Waals surface area contributed by atoms with Crippen LogP contribution in [-0.2, 0) is 0 Å². The van der Waals surface area contributed by atoms with Crippen LogP contribution in [0.5, 0.6) is 0 Å². The summed E-state index contributed by atoms with van der Waals surface area (Å²) in [7, 11) is 0. The van der Waals surface area contributed by atoms with Gasteiger partial charge in [0.1, 0.15) is 0 Å². The van der Waals surface area contributed by atoms with Gasteiger partial charge < -0.3 is 5.73 Å². The van der Waals surface area contributed by atoms with Gasteiger partial charge in [-0.05, 0) is 0 Å². The summed E-state index contributed by atoms with van der Waals surface area (Å²) in [4.78, 5) is 13.3. The fourth-order valence-corrected chi connectivity index (χ4v) is 0.602. The van der Waals surface area contributed by atoms with E-state index in [1.807, 2.05) is 0 Å². The first kappa shape index (κ1) is 7.59. The van der Waals surface area contributed by atoms with E-state index in [0.717, 1.165) is 0 Å². The van der Waals surface area contributed by atoms with Crippen molar-refractivity contribution < 1.29 is 13.6 Å². The van der Waals surface area contributed by atoms with Gasteiger partial charge in [-0.25, -0.2) is 9.37 Å². The highest BCUT2D eigenvalue weighted by molar-refractivity contribution is 5.92. The van der Waals surface area contributed by atoms with Crippen molar-refractivity contribution in [1.82, 2.24) is 4.98 Å². The molecule has 0 aliphatic rings. The van der Waals surface area contributed by atoms with Crippen LogP contribution >= 0.6 is 0 Å². The minimum absolute atomic E-state index is 0.488. The Bertz CT molecular complexity index is 301. The SMILES string of the molecule is NC(=O)c1cc(F)ncc1F. The number of pyridine rings is 1. The zero-order valence-corrected chi connectivity index (χ0v) is 5.34. The van der Waals surface area contributed by atoms with E-state index in [0.29, 0.717) is 12.3 Å². The molecule has 1 aromatic rings. The maximum atomic E-state index is 12.5. The van der Waals surface area contributed by atoms with Crippen LogP contribution in [0.2, 0.25) is 0 Å². The lowest BCUT2D eigenvalue weighted by molar-refractivity contribution is 0.0995. The Kier molecular flexibility index (Phi) is 1.80. The number of hydrogen-bond acceptors (Lipinski definition) is 2. The molecule has 3 nitrogen and oxygen atoms in total. The Morgan fingerprint density at radius 3 is 2.64 bits per heavy atom. The normalized spacial score (nSPS) is 9.64. The summed E-state index contributed by atoms with van der Waals surface area (Å²) < 4.78 is 24.7. The number of amides is 1. The van der Waals surface area contributed by atoms with E-state index >= 15 is 0 Å². The summed E-state index contributed by atoms with van der Waals surface area (Å²) in [5.41, 5.74) is 4.22. The van der Waals surface area contributed by atoms with Crippen molar-refractivity contribution in [3.8, 4) is 0 Å². The summed E-state index contributed by atoms with van der Waals surface area (Å²) in [6, 6.07) is 0.650. The minimum Gasteiger partial charge on any atom is -0.366 e. The quantitative estimate of drug-likeness (QED) is 0.603. The van der Waals surface area contributed by atoms with Crippen LogP contribution in [0.15, 0.2) is 12.3 Å². The van der Waals surface area contributed by atoms with Crippen molar-refractivity contribution >= 4 is 5.91 Å². The second-order valence-corrected chi connectivity index (χ2v) is 1.85. The average molecular weight is 158 g/mol. The van der Waals surface area contributed by atoms with E-state index in [1.54, 1.807) is 0 Å². The molecule has 0 aromatic carbocycles. The minimum atomic E-state index is -1.01. The predicted molar refractivity (Wildman–Crippen MR) is 32.7 cm³/mol. The third kappa shape index (κ3) is 1.49. The monoisotopic (exact) mass is 158 g/mol. The Labute approximate surface area is 60.8 Å². The number of nitrogens with zero attached hydrogens (tertiary/aromatic N) is 1. The molecule has 0 radical (unpaired) electrons. The van der Waals surface area contributed by atoms with Crippen molar-refractivity contribution in [3.63, 3.8) is 0 Å². The molecule has 0 unspecified atom stereocenters. The van der Waals surface area contributed by atoms with Gasteiger partial charge in [0.05, 0.1) is 11.8 Å². The maximum Gasteiger partial charge on any atom is 0.251 e. The maximum absolute atomic E-state index is 12.5. The lowest BCUT2D eigenvalue weighted by atomic mass is 10.2. The molecule has 1 aromatic heterocycles. The van der Waals surface area contributed by atoms with Crippen molar-refractivity contribution in [3.05, 3.63) is 29.6 Å². The Balaban J connectivity index is 3.23. The van der Waals surface area contributed by atoms with Gasteiger partial charge in [-0.15, -0.1) is 0 Å². The number of hydrogen-bond donors (Lipinski definition) is 1. The Morgan fingerprint density at radius 1 is 1.55 bits per heavy atom. The molecule has 0 aliphatic heterocycles. The number of primary amides is 1. The van der Waals surface area contributed by atoms with E-state index < -0.39 is 23.2 Å². The zero-order valence-electron chi connectivity index (χ0n) is 5.34. The lowest BCUT2D eigenvalue weighted by Gasteiger charge is -1.95. The second kappa shape index (κ2) is 2.61. The molecule has 1 heterocycles. The molecule has 2 N–H and O–H groups in total. The van der Waals surface area contributed by atoms with Crippen LogP contribution in [0.25, 0.3) is 0 Å². The van der Waals surface area contributed by atoms with E-state index in [-0.39, 0.29) is 0 Å². The van der Waals surface area contributed by atoms with E-state index in [4.69, 9.17) is 5.73 Å². The largest absolute Gasteiger partial charge is 0.366 e. The number of carbonyl (C=O) groups excluding carboxylic acids is 1. The van der Waals surface area contributed by atoms with Crippen LogP contribution in [0.4, 0.5) is 8.78 Å². The third-order valence-corrected chi connectivity index (χ3v) is 1.09. The van der Waals surface area contributed by atoms with Gasteiger partial charge in [0.15, 0.2) is 5.82 Å². The van der Waals surface area contributed by atoms with Crippen LogP contribution in [-0.4, -0.2) is 10.9 Å². The molecule has 0 bridgehead atoms. The summed E-state index contributed by atoms with van der Waals surface area (Å²) in [5.74, 6) is -2.86. The molecule has 1 rings (SSSR count). The summed E-state index contributed by atoms with van der Waals surface area (Å²) >= 11 is 0. The zero-order chi connectivity index (χ0) is 8.43. The molecule has 0 spiro atoms. The first-order chi connectivity index (χ1) is 5.11. The highest BCUT2D eigenvalue weighted by Gasteiger charge is 2.08. The van der Waals surface area contributed by atoms with E-state index in [9.17, 15) is 13.6 Å². The Hall–Kier alpha value is -1.52. The highest BCUT2D eigenvalue weighted by Crippen LogP contribution is 2.05. The summed E-state index contributed by atoms with van der Waals surface area (Å²) in [6.45, 7) is 0. The number of nitrogens with two attached hydrogens (primary N) is 1. The molecule has 0 atom stereocenters. The van der Waals surface area contributed by atoms with Crippen LogP contribution in [0.1, 0.15) is 10.4 Å². The van der Waals surface area contributed by atoms with Crippen LogP contribution in [0, 0.1) is 11.8 Å². The molecule has 11 heavy (non-hydrogen) atoms. The molecule has 58 valence electrons. The molecule has 0 saturated heterocycles. The highest BCUT2D eigenvalue weighted by atomic mass is 19.1. The second-order valence-electron chi connectivity index (χ2n) is 1.85. The van der Waals surface area contributed by atoms with Crippen molar-refractivity contribution in [2.24, 2.45) is 5.73 Å². The van der Waals surface area contributed by atoms with Gasteiger partial charge in [-0.2, -0.15) is 4.39 Å². The van der Waals surface area contributed by atoms with Gasteiger partial charge in [0.25, 0.3) is 5.91 Å². The predicted octanol–water partition coefficient (Wildman–Crippen LogP) is 0.459. The molecule has 1 amide bonds. The van der Waals surface area contributed by atoms with Crippen molar-refractivity contribution in [2.75, 3.05) is 0 Å². The molecular weight excluding hydrogens is 154 g/mol. The van der Waals surface area contributed by atoms with E-state index in [1.165, 1.54) is 0 Å². The number of halogens is 2. The topological polar surface area (TPSA) is 56.0 Å². The number of rotatable bonds is 1. The standard InChI is InChI=1S/C6H4F2N2O/c7-4-2-10-5(8)1-3(4)6(9)11/h1-2H,(H2,9,11). The third-order valence-electron chi connectivity index (χ3n) is 1.09. The van der Waals surface area contributed by atoms with Crippen LogP contribution in [0.3, 0.4) is 0 Å². The smallest absolute Gasteiger partial charge is 0.251 e. The fraction of sp³-hybridized carbons (Fsp3) is 0. The summed E-state index contributed by atoms with van der Waals surface area (Å²) in [6.07, 6.45) is 0.607.